The lowest BCUT2D eigenvalue weighted by molar-refractivity contribution is 0.145. The molecule has 0 saturated heterocycles. The van der Waals surface area contributed by atoms with Crippen molar-refractivity contribution in [1.29, 1.82) is 0 Å². The van der Waals surface area contributed by atoms with Gasteiger partial charge in [-0.3, -0.25) is 0 Å². The van der Waals surface area contributed by atoms with Crippen molar-refractivity contribution in [2.75, 3.05) is 13.7 Å². The van der Waals surface area contributed by atoms with E-state index in [0.29, 0.717) is 6.61 Å². The van der Waals surface area contributed by atoms with E-state index in [1.807, 2.05) is 10.8 Å². The maximum atomic E-state index is 10.6. The molecule has 1 amide bonds. The molecule has 5 heteroatoms. The van der Waals surface area contributed by atoms with Crippen molar-refractivity contribution in [1.82, 2.24) is 14.9 Å². The van der Waals surface area contributed by atoms with Crippen molar-refractivity contribution in [2.45, 2.75) is 13.0 Å². The van der Waals surface area contributed by atoms with E-state index in [1.54, 1.807) is 12.5 Å². The molecular formula is C8H13N3O2. The maximum absolute atomic E-state index is 10.6. The van der Waals surface area contributed by atoms with Crippen LogP contribution >= 0.6 is 0 Å². The van der Waals surface area contributed by atoms with Crippen LogP contribution in [0.2, 0.25) is 0 Å². The van der Waals surface area contributed by atoms with E-state index >= 15 is 0 Å². The van der Waals surface area contributed by atoms with Gasteiger partial charge in [-0.15, -0.1) is 0 Å². The Balaban J connectivity index is 2.05. The van der Waals surface area contributed by atoms with Gasteiger partial charge in [0.15, 0.2) is 0 Å². The molecule has 5 nitrogen and oxygen atoms in total. The summed E-state index contributed by atoms with van der Waals surface area (Å²) in [5.41, 5.74) is 0. The van der Waals surface area contributed by atoms with Gasteiger partial charge in [-0.05, 0) is 6.42 Å². The second-order valence-electron chi connectivity index (χ2n) is 2.54. The van der Waals surface area contributed by atoms with Crippen LogP contribution in [-0.2, 0) is 11.3 Å². The van der Waals surface area contributed by atoms with Crippen LogP contribution in [0.15, 0.2) is 18.7 Å². The number of aryl methyl sites for hydroxylation is 1. The SMILES string of the molecule is CNC(=O)OCCCn1ccnc1. The highest BCUT2D eigenvalue weighted by atomic mass is 16.5. The lowest BCUT2D eigenvalue weighted by atomic mass is 10.4. The predicted molar refractivity (Wildman–Crippen MR) is 47.3 cm³/mol. The number of rotatable bonds is 4. The van der Waals surface area contributed by atoms with E-state index < -0.39 is 0 Å². The first-order valence-electron chi connectivity index (χ1n) is 4.13. The number of amides is 1. The number of nitrogens with zero attached hydrogens (tertiary/aromatic N) is 2. The molecule has 0 fully saturated rings. The number of carbonyl (C=O) groups excluding carboxylic acids is 1. The second kappa shape index (κ2) is 5.18. The van der Waals surface area contributed by atoms with Gasteiger partial charge >= 0.3 is 6.09 Å². The molecule has 13 heavy (non-hydrogen) atoms. The minimum absolute atomic E-state index is 0.384. The Kier molecular flexibility index (Phi) is 3.81. The van der Waals surface area contributed by atoms with E-state index in [4.69, 9.17) is 4.74 Å². The molecule has 0 aliphatic rings. The molecule has 0 bridgehead atoms. The molecule has 1 aromatic rings. The van der Waals surface area contributed by atoms with Gasteiger partial charge in [-0.2, -0.15) is 0 Å². The fraction of sp³-hybridized carbons (Fsp3) is 0.500. The first kappa shape index (κ1) is 9.57. The number of ether oxygens (including phenoxy) is 1. The molecule has 0 aromatic carbocycles. The maximum Gasteiger partial charge on any atom is 0.406 e. The molecule has 0 aliphatic carbocycles. The number of carbonyl (C=O) groups is 1. The Bertz CT molecular complexity index is 246. The highest BCUT2D eigenvalue weighted by Gasteiger charge is 1.96. The number of aromatic nitrogens is 2. The van der Waals surface area contributed by atoms with E-state index in [1.165, 1.54) is 7.05 Å². The summed E-state index contributed by atoms with van der Waals surface area (Å²) in [7, 11) is 1.54. The summed E-state index contributed by atoms with van der Waals surface area (Å²) in [5, 5.41) is 2.38. The van der Waals surface area contributed by atoms with Crippen molar-refractivity contribution in [2.24, 2.45) is 0 Å². The first-order valence-corrected chi connectivity index (χ1v) is 4.13. The Labute approximate surface area is 76.7 Å². The van der Waals surface area contributed by atoms with Crippen LogP contribution in [0, 0.1) is 0 Å². The van der Waals surface area contributed by atoms with Crippen LogP contribution < -0.4 is 5.32 Å². The largest absolute Gasteiger partial charge is 0.449 e. The molecule has 1 heterocycles. The molecule has 72 valence electrons. The minimum atomic E-state index is -0.384. The number of hydrogen-bond acceptors (Lipinski definition) is 3. The van der Waals surface area contributed by atoms with Crippen LogP contribution in [0.4, 0.5) is 4.79 Å². The quantitative estimate of drug-likeness (QED) is 0.696. The van der Waals surface area contributed by atoms with Gasteiger partial charge in [0.1, 0.15) is 0 Å². The highest BCUT2D eigenvalue weighted by Crippen LogP contribution is 1.91. The first-order chi connectivity index (χ1) is 6.33. The fourth-order valence-electron chi connectivity index (χ4n) is 0.903. The summed E-state index contributed by atoms with van der Waals surface area (Å²) in [5.74, 6) is 0. The molecule has 1 aromatic heterocycles. The molecule has 0 spiro atoms. The summed E-state index contributed by atoms with van der Waals surface area (Å²) in [6.45, 7) is 1.24. The van der Waals surface area contributed by atoms with E-state index in [0.717, 1.165) is 13.0 Å². The Morgan fingerprint density at radius 1 is 1.69 bits per heavy atom. The molecule has 0 unspecified atom stereocenters. The number of hydrogen-bond donors (Lipinski definition) is 1. The normalized spacial score (nSPS) is 9.62. The van der Waals surface area contributed by atoms with E-state index in [2.05, 4.69) is 10.3 Å². The van der Waals surface area contributed by atoms with E-state index in [9.17, 15) is 4.79 Å². The topological polar surface area (TPSA) is 56.1 Å². The van der Waals surface area contributed by atoms with Gasteiger partial charge in [-0.1, -0.05) is 0 Å². The van der Waals surface area contributed by atoms with Crippen LogP contribution in [0.1, 0.15) is 6.42 Å². The smallest absolute Gasteiger partial charge is 0.406 e. The molecule has 0 atom stereocenters. The summed E-state index contributed by atoms with van der Waals surface area (Å²) in [6, 6.07) is 0. The van der Waals surface area contributed by atoms with Gasteiger partial charge in [0.2, 0.25) is 0 Å². The third-order valence-electron chi connectivity index (χ3n) is 1.56. The molecule has 0 radical (unpaired) electrons. The molecule has 0 aliphatic heterocycles. The van der Waals surface area contributed by atoms with Gasteiger partial charge < -0.3 is 14.6 Å². The zero-order chi connectivity index (χ0) is 9.52. The lowest BCUT2D eigenvalue weighted by Crippen LogP contribution is -2.20. The molecule has 1 rings (SSSR count). The van der Waals surface area contributed by atoms with Gasteiger partial charge in [0, 0.05) is 26.0 Å². The van der Waals surface area contributed by atoms with Crippen LogP contribution in [-0.4, -0.2) is 29.3 Å². The lowest BCUT2D eigenvalue weighted by Gasteiger charge is -2.03. The average Bonchev–Trinajstić information content (AvgIpc) is 2.64. The van der Waals surface area contributed by atoms with Crippen molar-refractivity contribution >= 4 is 6.09 Å². The summed E-state index contributed by atoms with van der Waals surface area (Å²) in [4.78, 5) is 14.5. The average molecular weight is 183 g/mol. The Hall–Kier alpha value is -1.52. The predicted octanol–water partition coefficient (Wildman–Crippen LogP) is 0.629. The van der Waals surface area contributed by atoms with Gasteiger partial charge in [-0.25, -0.2) is 9.78 Å². The number of nitrogens with one attached hydrogen (secondary N) is 1. The molecule has 1 N–H and O–H groups in total. The minimum Gasteiger partial charge on any atom is -0.449 e. The van der Waals surface area contributed by atoms with Crippen molar-refractivity contribution in [3.05, 3.63) is 18.7 Å². The van der Waals surface area contributed by atoms with Crippen molar-refractivity contribution in [3.63, 3.8) is 0 Å². The zero-order valence-corrected chi connectivity index (χ0v) is 7.56. The molecular weight excluding hydrogens is 170 g/mol. The van der Waals surface area contributed by atoms with E-state index in [-0.39, 0.29) is 6.09 Å². The van der Waals surface area contributed by atoms with Gasteiger partial charge in [0.05, 0.1) is 12.9 Å². The third kappa shape index (κ3) is 3.59. The third-order valence-corrected chi connectivity index (χ3v) is 1.56. The van der Waals surface area contributed by atoms with Gasteiger partial charge in [0.25, 0.3) is 0 Å². The monoisotopic (exact) mass is 183 g/mol. The Morgan fingerprint density at radius 2 is 2.54 bits per heavy atom. The second-order valence-corrected chi connectivity index (χ2v) is 2.54. The van der Waals surface area contributed by atoms with Crippen LogP contribution in [0.3, 0.4) is 0 Å². The summed E-state index contributed by atoms with van der Waals surface area (Å²) < 4.78 is 6.74. The number of alkyl carbamates (subject to hydrolysis) is 1. The summed E-state index contributed by atoms with van der Waals surface area (Å²) >= 11 is 0. The standard InChI is InChI=1S/C8H13N3O2/c1-9-8(12)13-6-2-4-11-5-3-10-7-11/h3,5,7H,2,4,6H2,1H3,(H,9,12). The summed E-state index contributed by atoms with van der Waals surface area (Å²) in [6.07, 6.45) is 5.74. The van der Waals surface area contributed by atoms with Crippen molar-refractivity contribution < 1.29 is 9.53 Å². The molecule has 0 saturated carbocycles. The zero-order valence-electron chi connectivity index (χ0n) is 7.56. The number of imidazole rings is 1. The van der Waals surface area contributed by atoms with Crippen molar-refractivity contribution in [3.8, 4) is 0 Å². The fourth-order valence-corrected chi connectivity index (χ4v) is 0.903. The van der Waals surface area contributed by atoms with Crippen LogP contribution in [0.25, 0.3) is 0 Å². The highest BCUT2D eigenvalue weighted by molar-refractivity contribution is 5.66. The Morgan fingerprint density at radius 3 is 3.15 bits per heavy atom. The van der Waals surface area contributed by atoms with Crippen LogP contribution in [0.5, 0.6) is 0 Å².